The van der Waals surface area contributed by atoms with Crippen LogP contribution >= 0.6 is 11.3 Å². The van der Waals surface area contributed by atoms with Crippen molar-refractivity contribution in [3.05, 3.63) is 46.1 Å². The van der Waals surface area contributed by atoms with Gasteiger partial charge in [0.2, 0.25) is 0 Å². The lowest BCUT2D eigenvalue weighted by molar-refractivity contribution is -0.380. The number of phenols is 1. The van der Waals surface area contributed by atoms with Crippen molar-refractivity contribution in [3.8, 4) is 5.75 Å². The van der Waals surface area contributed by atoms with E-state index < -0.39 is 10.8 Å². The summed E-state index contributed by atoms with van der Waals surface area (Å²) in [5.74, 6) is -0.813. The normalized spacial score (nSPS) is 10.0. The summed E-state index contributed by atoms with van der Waals surface area (Å²) in [5.41, 5.74) is 0.0478. The van der Waals surface area contributed by atoms with Gasteiger partial charge in [0.25, 0.3) is 5.91 Å². The topological polar surface area (TPSA) is 105 Å². The summed E-state index contributed by atoms with van der Waals surface area (Å²) in [6.07, 6.45) is 1.05. The number of amides is 1. The molecule has 0 unspecified atom stereocenters. The standard InChI is InChI=1S/C10H6N3O4S/c14-7-4-2-1-3-6(7)9(15)12-10-11-5-8(18-10)13(16)17/h1,3-5,14H,(H,11,12,15). The van der Waals surface area contributed by atoms with Crippen LogP contribution in [0, 0.1) is 16.2 Å². The minimum atomic E-state index is -0.595. The molecule has 1 heterocycles. The van der Waals surface area contributed by atoms with Crippen molar-refractivity contribution in [3.63, 3.8) is 0 Å². The van der Waals surface area contributed by atoms with Gasteiger partial charge in [0, 0.05) is 0 Å². The van der Waals surface area contributed by atoms with Gasteiger partial charge in [-0.15, -0.1) is 0 Å². The lowest BCUT2D eigenvalue weighted by atomic mass is 10.2. The fraction of sp³-hybridized carbons (Fsp3) is 0. The number of rotatable bonds is 3. The summed E-state index contributed by atoms with van der Waals surface area (Å²) in [6, 6.07) is 6.71. The number of phenolic OH excluding ortho intramolecular Hbond substituents is 1. The minimum absolute atomic E-state index is 0.0478. The predicted molar refractivity (Wildman–Crippen MR) is 63.7 cm³/mol. The smallest absolute Gasteiger partial charge is 0.345 e. The fourth-order valence-electron chi connectivity index (χ4n) is 1.19. The van der Waals surface area contributed by atoms with Crippen LogP contribution in [0.5, 0.6) is 5.75 Å². The van der Waals surface area contributed by atoms with E-state index in [-0.39, 0.29) is 21.4 Å². The Morgan fingerprint density at radius 2 is 2.39 bits per heavy atom. The van der Waals surface area contributed by atoms with Gasteiger partial charge in [-0.05, 0) is 29.5 Å². The highest BCUT2D eigenvalue weighted by Crippen LogP contribution is 2.26. The molecular formula is C10H6N3O4S. The summed E-state index contributed by atoms with van der Waals surface area (Å²) in [7, 11) is 0. The van der Waals surface area contributed by atoms with Crippen molar-refractivity contribution in [2.75, 3.05) is 5.32 Å². The Balaban J connectivity index is 2.16. The van der Waals surface area contributed by atoms with E-state index >= 15 is 0 Å². The molecule has 0 spiro atoms. The molecule has 7 nitrogen and oxygen atoms in total. The number of thiazole rings is 1. The van der Waals surface area contributed by atoms with Crippen molar-refractivity contribution in [1.29, 1.82) is 0 Å². The summed E-state index contributed by atoms with van der Waals surface area (Å²) >= 11 is 0.738. The molecule has 0 aliphatic rings. The molecule has 0 fully saturated rings. The Labute approximate surface area is 105 Å². The van der Waals surface area contributed by atoms with Crippen LogP contribution in [-0.4, -0.2) is 20.9 Å². The first-order chi connectivity index (χ1) is 8.58. The maximum atomic E-state index is 11.7. The molecular weight excluding hydrogens is 258 g/mol. The predicted octanol–water partition coefficient (Wildman–Crippen LogP) is 1.81. The Bertz CT molecular complexity index is 611. The highest BCUT2D eigenvalue weighted by Gasteiger charge is 2.15. The average Bonchev–Trinajstić information content (AvgIpc) is 2.78. The minimum Gasteiger partial charge on any atom is -0.507 e. The zero-order valence-corrected chi connectivity index (χ0v) is 9.60. The van der Waals surface area contributed by atoms with Crippen LogP contribution in [0.1, 0.15) is 10.4 Å². The molecule has 1 aromatic heterocycles. The van der Waals surface area contributed by atoms with Gasteiger partial charge in [-0.1, -0.05) is 6.07 Å². The summed E-state index contributed by atoms with van der Waals surface area (Å²) in [5, 5.41) is 22.2. The van der Waals surface area contributed by atoms with Crippen LogP contribution in [0.3, 0.4) is 0 Å². The van der Waals surface area contributed by atoms with Crippen molar-refractivity contribution in [1.82, 2.24) is 4.98 Å². The van der Waals surface area contributed by atoms with Crippen LogP contribution in [0.15, 0.2) is 24.4 Å². The lowest BCUT2D eigenvalue weighted by Gasteiger charge is -2.02. The van der Waals surface area contributed by atoms with E-state index in [0.717, 1.165) is 17.5 Å². The lowest BCUT2D eigenvalue weighted by Crippen LogP contribution is -2.11. The van der Waals surface area contributed by atoms with E-state index in [1.54, 1.807) is 0 Å². The van der Waals surface area contributed by atoms with Crippen LogP contribution in [0.2, 0.25) is 0 Å². The fourth-order valence-corrected chi connectivity index (χ4v) is 1.81. The second-order valence-electron chi connectivity index (χ2n) is 3.16. The molecule has 1 aromatic carbocycles. The Morgan fingerprint density at radius 1 is 1.61 bits per heavy atom. The van der Waals surface area contributed by atoms with Crippen molar-refractivity contribution < 1.29 is 14.8 Å². The Hall–Kier alpha value is -2.48. The molecule has 18 heavy (non-hydrogen) atoms. The van der Waals surface area contributed by atoms with E-state index in [0.29, 0.717) is 0 Å². The maximum Gasteiger partial charge on any atom is 0.345 e. The number of hydrogen-bond acceptors (Lipinski definition) is 6. The number of nitrogens with zero attached hydrogens (tertiary/aromatic N) is 2. The first kappa shape index (κ1) is 12.0. The molecule has 0 aliphatic heterocycles. The number of benzene rings is 1. The van der Waals surface area contributed by atoms with Gasteiger partial charge in [-0.3, -0.25) is 20.2 Å². The maximum absolute atomic E-state index is 11.7. The summed E-state index contributed by atoms with van der Waals surface area (Å²) in [4.78, 5) is 25.3. The van der Waals surface area contributed by atoms with E-state index in [2.05, 4.69) is 16.4 Å². The first-order valence-electron chi connectivity index (χ1n) is 4.68. The summed E-state index contributed by atoms with van der Waals surface area (Å²) in [6.45, 7) is 0. The zero-order chi connectivity index (χ0) is 13.1. The van der Waals surface area contributed by atoms with Crippen molar-refractivity contribution >= 4 is 27.4 Å². The Kier molecular flexibility index (Phi) is 3.20. The molecule has 2 rings (SSSR count). The first-order valence-corrected chi connectivity index (χ1v) is 5.50. The van der Waals surface area contributed by atoms with Crippen LogP contribution in [0.4, 0.5) is 10.1 Å². The SMILES string of the molecule is O=C(Nc1ncc([N+](=O)[O-])s1)c1cc[c]cc1O. The molecule has 2 aromatic rings. The van der Waals surface area contributed by atoms with E-state index in [1.165, 1.54) is 18.2 Å². The van der Waals surface area contributed by atoms with E-state index in [1.807, 2.05) is 0 Å². The van der Waals surface area contributed by atoms with Crippen molar-refractivity contribution in [2.24, 2.45) is 0 Å². The molecule has 0 saturated heterocycles. The highest BCUT2D eigenvalue weighted by atomic mass is 32.1. The van der Waals surface area contributed by atoms with Gasteiger partial charge in [0.15, 0.2) is 5.13 Å². The third-order valence-corrected chi connectivity index (χ3v) is 2.85. The highest BCUT2D eigenvalue weighted by molar-refractivity contribution is 7.18. The number of carbonyl (C=O) groups is 1. The number of nitrogens with one attached hydrogen (secondary N) is 1. The van der Waals surface area contributed by atoms with Gasteiger partial charge in [0.1, 0.15) is 11.9 Å². The molecule has 91 valence electrons. The van der Waals surface area contributed by atoms with Gasteiger partial charge < -0.3 is 5.11 Å². The van der Waals surface area contributed by atoms with Crippen molar-refractivity contribution in [2.45, 2.75) is 0 Å². The third-order valence-electron chi connectivity index (χ3n) is 1.98. The Morgan fingerprint density at radius 3 is 3.00 bits per heavy atom. The number of aromatic nitrogens is 1. The van der Waals surface area contributed by atoms with Crippen LogP contribution in [-0.2, 0) is 0 Å². The number of aromatic hydroxyl groups is 1. The molecule has 1 radical (unpaired) electrons. The molecule has 0 aliphatic carbocycles. The van der Waals surface area contributed by atoms with Gasteiger partial charge in [-0.25, -0.2) is 4.98 Å². The molecule has 2 N–H and O–H groups in total. The molecule has 8 heteroatoms. The number of anilines is 1. The molecule has 1 amide bonds. The van der Waals surface area contributed by atoms with Crippen LogP contribution < -0.4 is 5.32 Å². The summed E-state index contributed by atoms with van der Waals surface area (Å²) < 4.78 is 0. The van der Waals surface area contributed by atoms with E-state index in [9.17, 15) is 20.0 Å². The molecule has 0 saturated carbocycles. The molecule has 0 bridgehead atoms. The second-order valence-corrected chi connectivity index (χ2v) is 4.17. The number of nitro groups is 1. The van der Waals surface area contributed by atoms with Crippen LogP contribution in [0.25, 0.3) is 0 Å². The third kappa shape index (κ3) is 2.43. The molecule has 0 atom stereocenters. The van der Waals surface area contributed by atoms with Gasteiger partial charge in [-0.2, -0.15) is 0 Å². The van der Waals surface area contributed by atoms with E-state index in [4.69, 9.17) is 0 Å². The second kappa shape index (κ2) is 4.80. The monoisotopic (exact) mass is 264 g/mol. The number of hydrogen-bond donors (Lipinski definition) is 2. The largest absolute Gasteiger partial charge is 0.507 e. The zero-order valence-electron chi connectivity index (χ0n) is 8.78. The van der Waals surface area contributed by atoms with Gasteiger partial charge >= 0.3 is 5.00 Å². The van der Waals surface area contributed by atoms with Gasteiger partial charge in [0.05, 0.1) is 10.5 Å². The number of carbonyl (C=O) groups excluding carboxylic acids is 1. The average molecular weight is 264 g/mol. The quantitative estimate of drug-likeness (QED) is 0.649.